The van der Waals surface area contributed by atoms with Crippen molar-refractivity contribution in [1.29, 1.82) is 0 Å². The number of nitrogens with one attached hydrogen (secondary N) is 3. The van der Waals surface area contributed by atoms with Gasteiger partial charge in [-0.3, -0.25) is 9.59 Å². The molecule has 1 aliphatic heterocycles. The first-order valence-corrected chi connectivity index (χ1v) is 6.45. The molecule has 5 heteroatoms. The Morgan fingerprint density at radius 2 is 1.89 bits per heavy atom. The molecule has 5 nitrogen and oxygen atoms in total. The van der Waals surface area contributed by atoms with Crippen LogP contribution >= 0.6 is 0 Å². The largest absolute Gasteiger partial charge is 0.355 e. The number of carbonyl (C=O) groups excluding carboxylic acids is 2. The molecular weight excluding hydrogens is 242 g/mol. The van der Waals surface area contributed by atoms with E-state index < -0.39 is 0 Å². The Bertz CT molecular complexity index is 470. The third-order valence-electron chi connectivity index (χ3n) is 3.50. The second-order valence-electron chi connectivity index (χ2n) is 4.89. The van der Waals surface area contributed by atoms with Crippen LogP contribution in [-0.4, -0.2) is 32.0 Å². The van der Waals surface area contributed by atoms with Gasteiger partial charge in [-0.2, -0.15) is 0 Å². The minimum Gasteiger partial charge on any atom is -0.355 e. The third kappa shape index (κ3) is 3.12. The maximum Gasteiger partial charge on any atom is 0.251 e. The Kier molecular flexibility index (Phi) is 4.16. The van der Waals surface area contributed by atoms with Crippen LogP contribution in [0.5, 0.6) is 0 Å². The Morgan fingerprint density at radius 1 is 1.21 bits per heavy atom. The van der Waals surface area contributed by atoms with Gasteiger partial charge in [-0.25, -0.2) is 0 Å². The van der Waals surface area contributed by atoms with Gasteiger partial charge >= 0.3 is 0 Å². The van der Waals surface area contributed by atoms with Crippen LogP contribution < -0.4 is 16.0 Å². The molecule has 102 valence electrons. The van der Waals surface area contributed by atoms with E-state index in [1.807, 2.05) is 0 Å². The number of hydrogen-bond donors (Lipinski definition) is 3. The van der Waals surface area contributed by atoms with Crippen molar-refractivity contribution in [1.82, 2.24) is 10.6 Å². The fourth-order valence-electron chi connectivity index (χ4n) is 2.25. The summed E-state index contributed by atoms with van der Waals surface area (Å²) in [6.07, 6.45) is 0. The lowest BCUT2D eigenvalue weighted by atomic mass is 9.97. The molecule has 2 amide bonds. The van der Waals surface area contributed by atoms with Gasteiger partial charge in [0, 0.05) is 24.8 Å². The summed E-state index contributed by atoms with van der Waals surface area (Å²) in [5.74, 6) is 0.264. The molecule has 1 aromatic rings. The maximum atomic E-state index is 12.1. The smallest absolute Gasteiger partial charge is 0.251 e. The van der Waals surface area contributed by atoms with Gasteiger partial charge in [0.2, 0.25) is 5.91 Å². The number of hydrogen-bond acceptors (Lipinski definition) is 3. The highest BCUT2D eigenvalue weighted by Gasteiger charge is 2.29. The summed E-state index contributed by atoms with van der Waals surface area (Å²) in [6, 6.07) is 6.89. The summed E-state index contributed by atoms with van der Waals surface area (Å²) < 4.78 is 0. The van der Waals surface area contributed by atoms with Crippen molar-refractivity contribution in [2.45, 2.75) is 6.92 Å². The van der Waals surface area contributed by atoms with Crippen LogP contribution in [0.2, 0.25) is 0 Å². The van der Waals surface area contributed by atoms with Crippen molar-refractivity contribution in [3.63, 3.8) is 0 Å². The molecule has 1 fully saturated rings. The van der Waals surface area contributed by atoms with E-state index in [2.05, 4.69) is 22.9 Å². The number of benzene rings is 1. The van der Waals surface area contributed by atoms with E-state index in [4.69, 9.17) is 0 Å². The lowest BCUT2D eigenvalue weighted by Gasteiger charge is -2.14. The van der Waals surface area contributed by atoms with Crippen molar-refractivity contribution in [2.24, 2.45) is 11.8 Å². The number of rotatable bonds is 3. The fraction of sp³-hybridized carbons (Fsp3) is 0.429. The minimum absolute atomic E-state index is 0.0126. The van der Waals surface area contributed by atoms with E-state index in [1.54, 1.807) is 31.3 Å². The van der Waals surface area contributed by atoms with Gasteiger partial charge in [-0.1, -0.05) is 6.92 Å². The van der Waals surface area contributed by atoms with Crippen LogP contribution in [0.4, 0.5) is 5.69 Å². The molecule has 0 saturated carbocycles. The molecule has 3 N–H and O–H groups in total. The summed E-state index contributed by atoms with van der Waals surface area (Å²) in [5.41, 5.74) is 1.30. The molecule has 1 aromatic carbocycles. The summed E-state index contributed by atoms with van der Waals surface area (Å²) in [6.45, 7) is 3.68. The number of carbonyl (C=O) groups is 2. The Hall–Kier alpha value is -1.88. The van der Waals surface area contributed by atoms with Gasteiger partial charge < -0.3 is 16.0 Å². The summed E-state index contributed by atoms with van der Waals surface area (Å²) in [5, 5.41) is 8.65. The Balaban J connectivity index is 1.99. The number of amides is 2. The second kappa shape index (κ2) is 5.84. The van der Waals surface area contributed by atoms with E-state index in [9.17, 15) is 9.59 Å². The van der Waals surface area contributed by atoms with Crippen LogP contribution in [0.3, 0.4) is 0 Å². The molecule has 0 spiro atoms. The second-order valence-corrected chi connectivity index (χ2v) is 4.89. The zero-order valence-corrected chi connectivity index (χ0v) is 11.2. The topological polar surface area (TPSA) is 70.2 Å². The number of anilines is 1. The van der Waals surface area contributed by atoms with Crippen molar-refractivity contribution < 1.29 is 9.59 Å². The van der Waals surface area contributed by atoms with E-state index in [0.29, 0.717) is 11.5 Å². The van der Waals surface area contributed by atoms with Crippen LogP contribution in [0.15, 0.2) is 24.3 Å². The lowest BCUT2D eigenvalue weighted by molar-refractivity contribution is -0.120. The average molecular weight is 261 g/mol. The maximum absolute atomic E-state index is 12.1. The quantitative estimate of drug-likeness (QED) is 0.755. The van der Waals surface area contributed by atoms with E-state index in [1.165, 1.54) is 0 Å². The predicted octanol–water partition coefficient (Wildman–Crippen LogP) is 0.840. The predicted molar refractivity (Wildman–Crippen MR) is 74.0 cm³/mol. The summed E-state index contributed by atoms with van der Waals surface area (Å²) in [7, 11) is 1.59. The normalized spacial score (nSPS) is 22.0. The van der Waals surface area contributed by atoms with Crippen molar-refractivity contribution >= 4 is 17.5 Å². The van der Waals surface area contributed by atoms with Crippen LogP contribution in [0, 0.1) is 11.8 Å². The molecule has 0 bridgehead atoms. The first-order chi connectivity index (χ1) is 9.11. The highest BCUT2D eigenvalue weighted by Crippen LogP contribution is 2.18. The molecule has 1 saturated heterocycles. The van der Waals surface area contributed by atoms with Crippen molar-refractivity contribution in [2.75, 3.05) is 25.5 Å². The van der Waals surface area contributed by atoms with E-state index >= 15 is 0 Å². The summed E-state index contributed by atoms with van der Waals surface area (Å²) in [4.78, 5) is 23.5. The zero-order chi connectivity index (χ0) is 13.8. The molecule has 0 unspecified atom stereocenters. The fourth-order valence-corrected chi connectivity index (χ4v) is 2.25. The van der Waals surface area contributed by atoms with Crippen LogP contribution in [-0.2, 0) is 4.79 Å². The van der Waals surface area contributed by atoms with Gasteiger partial charge in [0.1, 0.15) is 0 Å². The zero-order valence-electron chi connectivity index (χ0n) is 11.2. The van der Waals surface area contributed by atoms with E-state index in [0.717, 1.165) is 18.8 Å². The van der Waals surface area contributed by atoms with Crippen LogP contribution in [0.25, 0.3) is 0 Å². The molecule has 19 heavy (non-hydrogen) atoms. The first kappa shape index (κ1) is 13.5. The van der Waals surface area contributed by atoms with Gasteiger partial charge in [0.15, 0.2) is 0 Å². The van der Waals surface area contributed by atoms with Crippen molar-refractivity contribution in [3.8, 4) is 0 Å². The minimum atomic E-state index is -0.133. The van der Waals surface area contributed by atoms with Gasteiger partial charge in [-0.15, -0.1) is 0 Å². The van der Waals surface area contributed by atoms with Crippen LogP contribution in [0.1, 0.15) is 17.3 Å². The highest BCUT2D eigenvalue weighted by atomic mass is 16.2. The molecule has 2 atom stereocenters. The van der Waals surface area contributed by atoms with Gasteiger partial charge in [-0.05, 0) is 36.7 Å². The summed E-state index contributed by atoms with van der Waals surface area (Å²) >= 11 is 0. The molecule has 1 heterocycles. The molecule has 1 aliphatic rings. The third-order valence-corrected chi connectivity index (χ3v) is 3.50. The highest BCUT2D eigenvalue weighted by molar-refractivity contribution is 5.96. The SMILES string of the molecule is CNC(=O)c1ccc(NC(=O)[C@@H]2CNC[C@H]2C)cc1. The van der Waals surface area contributed by atoms with E-state index in [-0.39, 0.29) is 17.7 Å². The Morgan fingerprint density at radius 3 is 2.42 bits per heavy atom. The molecule has 0 aromatic heterocycles. The molecule has 0 aliphatic carbocycles. The first-order valence-electron chi connectivity index (χ1n) is 6.45. The molecular formula is C14H19N3O2. The average Bonchev–Trinajstić information content (AvgIpc) is 2.85. The Labute approximate surface area is 112 Å². The monoisotopic (exact) mass is 261 g/mol. The lowest BCUT2D eigenvalue weighted by Crippen LogP contribution is -2.27. The van der Waals surface area contributed by atoms with Gasteiger partial charge in [0.25, 0.3) is 5.91 Å². The molecule has 2 rings (SSSR count). The van der Waals surface area contributed by atoms with Crippen molar-refractivity contribution in [3.05, 3.63) is 29.8 Å². The van der Waals surface area contributed by atoms with Gasteiger partial charge in [0.05, 0.1) is 5.92 Å². The molecule has 0 radical (unpaired) electrons. The standard InChI is InChI=1S/C14H19N3O2/c1-9-7-16-8-12(9)14(19)17-11-5-3-10(4-6-11)13(18)15-2/h3-6,9,12,16H,7-8H2,1-2H3,(H,15,18)(H,17,19)/t9-,12-/m1/s1.